The molecule has 74 valence electrons. The van der Waals surface area contributed by atoms with Crippen molar-refractivity contribution < 1.29 is 0 Å². The van der Waals surface area contributed by atoms with Crippen molar-refractivity contribution >= 4 is 12.0 Å². The molecule has 1 aromatic rings. The topological polar surface area (TPSA) is 27.6 Å². The predicted octanol–water partition coefficient (Wildman–Crippen LogP) is 1.25. The van der Waals surface area contributed by atoms with Crippen molar-refractivity contribution in [1.82, 2.24) is 5.32 Å². The van der Waals surface area contributed by atoms with Crippen molar-refractivity contribution in [2.75, 3.05) is 25.0 Å². The SMILES string of the molecule is CNCc1cccc(N2C=NCC2)c1. The van der Waals surface area contributed by atoms with Crippen molar-refractivity contribution in [2.24, 2.45) is 4.99 Å². The van der Waals surface area contributed by atoms with Crippen molar-refractivity contribution in [2.45, 2.75) is 6.54 Å². The highest BCUT2D eigenvalue weighted by Crippen LogP contribution is 2.16. The van der Waals surface area contributed by atoms with Crippen LogP contribution in [0, 0.1) is 0 Å². The molecule has 0 aromatic heterocycles. The second-order valence-corrected chi connectivity index (χ2v) is 3.42. The maximum atomic E-state index is 4.20. The van der Waals surface area contributed by atoms with Crippen LogP contribution in [0.1, 0.15) is 5.56 Å². The van der Waals surface area contributed by atoms with Crippen LogP contribution in [-0.4, -0.2) is 26.5 Å². The molecule has 0 radical (unpaired) electrons. The van der Waals surface area contributed by atoms with Crippen LogP contribution in [0.15, 0.2) is 29.3 Å². The first-order chi connectivity index (χ1) is 6.90. The van der Waals surface area contributed by atoms with Crippen LogP contribution >= 0.6 is 0 Å². The lowest BCUT2D eigenvalue weighted by atomic mass is 10.2. The van der Waals surface area contributed by atoms with Gasteiger partial charge in [0.05, 0.1) is 12.9 Å². The van der Waals surface area contributed by atoms with E-state index >= 15 is 0 Å². The average molecular weight is 189 g/mol. The molecule has 0 fully saturated rings. The molecule has 3 nitrogen and oxygen atoms in total. The van der Waals surface area contributed by atoms with E-state index in [0.717, 1.165) is 19.6 Å². The highest BCUT2D eigenvalue weighted by Gasteiger charge is 2.07. The summed E-state index contributed by atoms with van der Waals surface area (Å²) in [6.07, 6.45) is 1.92. The summed E-state index contributed by atoms with van der Waals surface area (Å²) in [4.78, 5) is 6.38. The van der Waals surface area contributed by atoms with Crippen LogP contribution in [0.3, 0.4) is 0 Å². The minimum absolute atomic E-state index is 0.913. The lowest BCUT2D eigenvalue weighted by molar-refractivity contribution is 0.817. The molecule has 3 heteroatoms. The molecule has 1 aromatic carbocycles. The third-order valence-corrected chi connectivity index (χ3v) is 2.31. The molecule has 2 rings (SSSR count). The number of anilines is 1. The number of aliphatic imine (C=N–C) groups is 1. The van der Waals surface area contributed by atoms with Gasteiger partial charge < -0.3 is 10.2 Å². The Morgan fingerprint density at radius 1 is 1.50 bits per heavy atom. The van der Waals surface area contributed by atoms with Gasteiger partial charge in [0.1, 0.15) is 0 Å². The monoisotopic (exact) mass is 189 g/mol. The molecular formula is C11H15N3. The zero-order valence-electron chi connectivity index (χ0n) is 8.40. The number of benzene rings is 1. The quantitative estimate of drug-likeness (QED) is 0.775. The Balaban J connectivity index is 2.16. The van der Waals surface area contributed by atoms with Crippen LogP contribution in [-0.2, 0) is 6.54 Å². The molecule has 0 bridgehead atoms. The lowest BCUT2D eigenvalue weighted by Crippen LogP contribution is -2.18. The maximum Gasteiger partial charge on any atom is 0.0895 e. The van der Waals surface area contributed by atoms with E-state index in [1.807, 2.05) is 13.4 Å². The van der Waals surface area contributed by atoms with Gasteiger partial charge in [0, 0.05) is 18.8 Å². The summed E-state index contributed by atoms with van der Waals surface area (Å²) in [6.45, 7) is 2.83. The summed E-state index contributed by atoms with van der Waals surface area (Å²) >= 11 is 0. The molecule has 0 amide bonds. The fraction of sp³-hybridized carbons (Fsp3) is 0.364. The molecule has 0 saturated heterocycles. The van der Waals surface area contributed by atoms with Gasteiger partial charge in [-0.3, -0.25) is 4.99 Å². The molecule has 0 unspecified atom stereocenters. The molecule has 0 atom stereocenters. The molecule has 1 aliphatic rings. The van der Waals surface area contributed by atoms with E-state index in [0.29, 0.717) is 0 Å². The average Bonchev–Trinajstić information content (AvgIpc) is 2.71. The smallest absolute Gasteiger partial charge is 0.0895 e. The Bertz CT molecular complexity index is 333. The standard InChI is InChI=1S/C11H15N3/c1-12-8-10-3-2-4-11(7-10)14-6-5-13-9-14/h2-4,7,9,12H,5-6,8H2,1H3. The van der Waals surface area contributed by atoms with Gasteiger partial charge in [0.25, 0.3) is 0 Å². The second-order valence-electron chi connectivity index (χ2n) is 3.42. The van der Waals surface area contributed by atoms with Crippen molar-refractivity contribution in [3.05, 3.63) is 29.8 Å². The van der Waals surface area contributed by atoms with Crippen LogP contribution < -0.4 is 10.2 Å². The Kier molecular flexibility index (Phi) is 2.79. The van der Waals surface area contributed by atoms with Gasteiger partial charge in [-0.1, -0.05) is 12.1 Å². The second kappa shape index (κ2) is 4.24. The van der Waals surface area contributed by atoms with Gasteiger partial charge in [-0.2, -0.15) is 0 Å². The van der Waals surface area contributed by atoms with Crippen LogP contribution in [0.2, 0.25) is 0 Å². The highest BCUT2D eigenvalue weighted by atomic mass is 15.2. The molecule has 1 aliphatic heterocycles. The Labute approximate surface area is 84.5 Å². The third-order valence-electron chi connectivity index (χ3n) is 2.31. The van der Waals surface area contributed by atoms with E-state index < -0.39 is 0 Å². The summed E-state index contributed by atoms with van der Waals surface area (Å²) < 4.78 is 0. The molecular weight excluding hydrogens is 174 g/mol. The Morgan fingerprint density at radius 2 is 2.43 bits per heavy atom. The van der Waals surface area contributed by atoms with Gasteiger partial charge in [0.2, 0.25) is 0 Å². The lowest BCUT2D eigenvalue weighted by Gasteiger charge is -2.14. The first-order valence-electron chi connectivity index (χ1n) is 4.90. The van der Waals surface area contributed by atoms with E-state index in [-0.39, 0.29) is 0 Å². The molecule has 14 heavy (non-hydrogen) atoms. The van der Waals surface area contributed by atoms with Crippen LogP contribution in [0.5, 0.6) is 0 Å². The Morgan fingerprint density at radius 3 is 3.14 bits per heavy atom. The minimum Gasteiger partial charge on any atom is -0.331 e. The van der Waals surface area contributed by atoms with E-state index in [1.165, 1.54) is 11.3 Å². The first kappa shape index (κ1) is 9.21. The van der Waals surface area contributed by atoms with E-state index in [9.17, 15) is 0 Å². The fourth-order valence-corrected chi connectivity index (χ4v) is 1.62. The van der Waals surface area contributed by atoms with Crippen molar-refractivity contribution in [1.29, 1.82) is 0 Å². The van der Waals surface area contributed by atoms with Crippen molar-refractivity contribution in [3.63, 3.8) is 0 Å². The van der Waals surface area contributed by atoms with E-state index in [4.69, 9.17) is 0 Å². The van der Waals surface area contributed by atoms with Gasteiger partial charge in [0.15, 0.2) is 0 Å². The number of nitrogens with one attached hydrogen (secondary N) is 1. The predicted molar refractivity (Wildman–Crippen MR) is 59.9 cm³/mol. The van der Waals surface area contributed by atoms with Gasteiger partial charge in [-0.05, 0) is 24.7 Å². The van der Waals surface area contributed by atoms with Gasteiger partial charge >= 0.3 is 0 Å². The van der Waals surface area contributed by atoms with Crippen LogP contribution in [0.25, 0.3) is 0 Å². The fourth-order valence-electron chi connectivity index (χ4n) is 1.62. The summed E-state index contributed by atoms with van der Waals surface area (Å²) in [5, 5.41) is 3.15. The highest BCUT2D eigenvalue weighted by molar-refractivity contribution is 5.81. The largest absolute Gasteiger partial charge is 0.331 e. The maximum absolute atomic E-state index is 4.20. The van der Waals surface area contributed by atoms with Gasteiger partial charge in [-0.15, -0.1) is 0 Å². The molecule has 1 heterocycles. The zero-order valence-corrected chi connectivity index (χ0v) is 8.40. The molecule has 1 N–H and O–H groups in total. The number of hydrogen-bond donors (Lipinski definition) is 1. The normalized spacial score (nSPS) is 15.1. The summed E-state index contributed by atoms with van der Waals surface area (Å²) in [7, 11) is 1.96. The Hall–Kier alpha value is -1.35. The van der Waals surface area contributed by atoms with Crippen LogP contribution in [0.4, 0.5) is 5.69 Å². The van der Waals surface area contributed by atoms with Gasteiger partial charge in [-0.25, -0.2) is 0 Å². The third kappa shape index (κ3) is 1.93. The number of nitrogens with zero attached hydrogens (tertiary/aromatic N) is 2. The summed E-state index contributed by atoms with van der Waals surface area (Å²) in [5.74, 6) is 0. The summed E-state index contributed by atoms with van der Waals surface area (Å²) in [6, 6.07) is 8.55. The molecule has 0 aliphatic carbocycles. The zero-order chi connectivity index (χ0) is 9.80. The van der Waals surface area contributed by atoms with E-state index in [1.54, 1.807) is 0 Å². The van der Waals surface area contributed by atoms with E-state index in [2.05, 4.69) is 39.5 Å². The molecule has 0 saturated carbocycles. The number of rotatable bonds is 3. The first-order valence-corrected chi connectivity index (χ1v) is 4.90. The molecule has 0 spiro atoms. The van der Waals surface area contributed by atoms with Crippen molar-refractivity contribution in [3.8, 4) is 0 Å². The minimum atomic E-state index is 0.913. The number of hydrogen-bond acceptors (Lipinski definition) is 3. The summed E-state index contributed by atoms with van der Waals surface area (Å²) in [5.41, 5.74) is 2.55.